The number of hydrogen-bond donors (Lipinski definition) is 3. The Labute approximate surface area is 212 Å². The van der Waals surface area contributed by atoms with E-state index < -0.39 is 11.9 Å². The van der Waals surface area contributed by atoms with E-state index in [1.807, 2.05) is 32.0 Å². The molecule has 2 amide bonds. The summed E-state index contributed by atoms with van der Waals surface area (Å²) in [6.07, 6.45) is 6.32. The number of carbonyl (C=O) groups excluding carboxylic acids is 2. The number of hydrogen-bond acceptors (Lipinski definition) is 4. The highest BCUT2D eigenvalue weighted by Crippen LogP contribution is 2.28. The summed E-state index contributed by atoms with van der Waals surface area (Å²) in [6.45, 7) is 4.22. The lowest BCUT2D eigenvalue weighted by Crippen LogP contribution is -2.42. The molecule has 1 aliphatic rings. The van der Waals surface area contributed by atoms with Crippen molar-refractivity contribution in [2.45, 2.75) is 71.4 Å². The zero-order valence-electron chi connectivity index (χ0n) is 21.4. The van der Waals surface area contributed by atoms with E-state index in [0.29, 0.717) is 17.9 Å². The highest BCUT2D eigenvalue weighted by atomic mass is 19.1. The molecule has 36 heavy (non-hydrogen) atoms. The Kier molecular flexibility index (Phi) is 9.85. The van der Waals surface area contributed by atoms with E-state index in [9.17, 15) is 14.0 Å². The van der Waals surface area contributed by atoms with Crippen LogP contribution >= 0.6 is 0 Å². The molecule has 1 aliphatic carbocycles. The van der Waals surface area contributed by atoms with Crippen LogP contribution in [-0.2, 0) is 22.6 Å². The van der Waals surface area contributed by atoms with Crippen LogP contribution in [0.4, 0.5) is 4.39 Å². The predicted octanol–water partition coefficient (Wildman–Crippen LogP) is 4.08. The van der Waals surface area contributed by atoms with Crippen molar-refractivity contribution >= 4 is 17.8 Å². The number of amides is 2. The van der Waals surface area contributed by atoms with Gasteiger partial charge in [-0.05, 0) is 60.6 Å². The van der Waals surface area contributed by atoms with Gasteiger partial charge in [0.25, 0.3) is 0 Å². The molecule has 1 fully saturated rings. The number of benzene rings is 2. The van der Waals surface area contributed by atoms with Crippen molar-refractivity contribution in [1.29, 1.82) is 0 Å². The Morgan fingerprint density at radius 3 is 2.50 bits per heavy atom. The molecule has 2 aromatic rings. The summed E-state index contributed by atoms with van der Waals surface area (Å²) < 4.78 is 18.7. The fourth-order valence-corrected chi connectivity index (χ4v) is 4.56. The Morgan fingerprint density at radius 1 is 1.08 bits per heavy atom. The van der Waals surface area contributed by atoms with Crippen molar-refractivity contribution in [3.05, 3.63) is 64.5 Å². The summed E-state index contributed by atoms with van der Waals surface area (Å²) in [7, 11) is 1.40. The summed E-state index contributed by atoms with van der Waals surface area (Å²) in [5.74, 6) is -0.595. The normalized spacial score (nSPS) is 15.3. The predicted molar refractivity (Wildman–Crippen MR) is 139 cm³/mol. The fraction of sp³-hybridized carbons (Fsp3) is 0.464. The van der Waals surface area contributed by atoms with E-state index in [1.54, 1.807) is 12.1 Å². The van der Waals surface area contributed by atoms with Crippen molar-refractivity contribution in [2.75, 3.05) is 7.11 Å². The summed E-state index contributed by atoms with van der Waals surface area (Å²) in [5.41, 5.74) is 9.94. The smallest absolute Gasteiger partial charge is 0.245 e. The molecule has 1 saturated carbocycles. The van der Waals surface area contributed by atoms with Crippen LogP contribution in [0.1, 0.15) is 60.8 Å². The summed E-state index contributed by atoms with van der Waals surface area (Å²) in [4.78, 5) is 30.1. The molecule has 2 aromatic carbocycles. The van der Waals surface area contributed by atoms with Crippen LogP contribution in [0.3, 0.4) is 0 Å². The minimum absolute atomic E-state index is 0.0664. The zero-order valence-corrected chi connectivity index (χ0v) is 21.4. The molecule has 0 radical (unpaired) electrons. The number of aliphatic imine (C=N–C) groups is 1. The third-order valence-corrected chi connectivity index (χ3v) is 6.76. The molecule has 7 nitrogen and oxygen atoms in total. The molecule has 0 aromatic heterocycles. The number of methoxy groups -OCH3 is 1. The minimum atomic E-state index is -0.725. The van der Waals surface area contributed by atoms with Gasteiger partial charge in [0, 0.05) is 6.54 Å². The van der Waals surface area contributed by atoms with Gasteiger partial charge in [0.2, 0.25) is 11.8 Å². The van der Waals surface area contributed by atoms with Crippen molar-refractivity contribution in [2.24, 2.45) is 16.6 Å². The van der Waals surface area contributed by atoms with Gasteiger partial charge in [-0.2, -0.15) is 0 Å². The quantitative estimate of drug-likeness (QED) is 0.359. The molecule has 194 valence electrons. The molecule has 1 atom stereocenters. The number of nitrogens with zero attached hydrogens (tertiary/aromatic N) is 1. The number of ether oxygens (including phenoxy) is 1. The lowest BCUT2D eigenvalue weighted by molar-refractivity contribution is -0.123. The van der Waals surface area contributed by atoms with Crippen LogP contribution in [0.15, 0.2) is 41.4 Å². The van der Waals surface area contributed by atoms with Gasteiger partial charge in [-0.25, -0.2) is 9.38 Å². The number of aryl methyl sites for hydroxylation is 2. The van der Waals surface area contributed by atoms with E-state index >= 15 is 0 Å². The van der Waals surface area contributed by atoms with Crippen LogP contribution in [0.5, 0.6) is 5.75 Å². The van der Waals surface area contributed by atoms with Crippen LogP contribution in [-0.4, -0.2) is 30.9 Å². The lowest BCUT2D eigenvalue weighted by atomic mass is 9.84. The van der Waals surface area contributed by atoms with Crippen molar-refractivity contribution in [3.8, 4) is 5.75 Å². The second-order valence-electron chi connectivity index (χ2n) is 9.60. The third kappa shape index (κ3) is 8.07. The highest BCUT2D eigenvalue weighted by molar-refractivity contribution is 5.98. The van der Waals surface area contributed by atoms with Gasteiger partial charge in [0.15, 0.2) is 17.5 Å². The highest BCUT2D eigenvalue weighted by Gasteiger charge is 2.24. The largest absolute Gasteiger partial charge is 0.494 e. The van der Waals surface area contributed by atoms with Gasteiger partial charge >= 0.3 is 0 Å². The van der Waals surface area contributed by atoms with Gasteiger partial charge in [0.05, 0.1) is 13.5 Å². The molecule has 0 spiro atoms. The molecule has 0 bridgehead atoms. The van der Waals surface area contributed by atoms with Crippen molar-refractivity contribution in [1.82, 2.24) is 10.6 Å². The van der Waals surface area contributed by atoms with E-state index in [4.69, 9.17) is 10.5 Å². The van der Waals surface area contributed by atoms with Crippen LogP contribution in [0.2, 0.25) is 0 Å². The van der Waals surface area contributed by atoms with Gasteiger partial charge < -0.3 is 15.8 Å². The minimum Gasteiger partial charge on any atom is -0.494 e. The van der Waals surface area contributed by atoms with E-state index in [-0.39, 0.29) is 36.5 Å². The van der Waals surface area contributed by atoms with Crippen molar-refractivity contribution in [3.63, 3.8) is 0 Å². The summed E-state index contributed by atoms with van der Waals surface area (Å²) in [6, 6.07) is 9.61. The molecule has 3 rings (SSSR count). The second-order valence-corrected chi connectivity index (χ2v) is 9.60. The second kappa shape index (κ2) is 13.0. The van der Waals surface area contributed by atoms with Crippen LogP contribution < -0.4 is 21.1 Å². The van der Waals surface area contributed by atoms with Gasteiger partial charge in [-0.3, -0.25) is 14.9 Å². The van der Waals surface area contributed by atoms with E-state index in [0.717, 1.165) is 42.4 Å². The van der Waals surface area contributed by atoms with Crippen LogP contribution in [0.25, 0.3) is 0 Å². The average Bonchev–Trinajstić information content (AvgIpc) is 2.85. The zero-order chi connectivity index (χ0) is 26.1. The number of nitrogens with one attached hydrogen (secondary N) is 2. The SMILES string of the molecule is COc1cc(CNC(=O)C(CC2CCCCC2)N=C(N)NC(=O)Cc2ccc(C)c(C)c2)ccc1F. The number of halogens is 1. The Morgan fingerprint density at radius 2 is 1.81 bits per heavy atom. The fourth-order valence-electron chi connectivity index (χ4n) is 4.56. The standard InChI is InChI=1S/C28H37FN4O3/c1-18-9-10-21(13-19(18)2)16-26(34)33-28(30)32-24(14-20-7-5-4-6-8-20)27(35)31-17-22-11-12-23(29)25(15-22)36-3/h9-13,15,20,24H,4-8,14,16-17H2,1-3H3,(H,31,35)(H3,30,32,33,34). The average molecular weight is 497 g/mol. The first-order chi connectivity index (χ1) is 17.2. The number of carbonyl (C=O) groups is 2. The van der Waals surface area contributed by atoms with Gasteiger partial charge in [0.1, 0.15) is 6.04 Å². The maximum absolute atomic E-state index is 13.7. The van der Waals surface area contributed by atoms with Gasteiger partial charge in [-0.1, -0.05) is 56.4 Å². The summed E-state index contributed by atoms with van der Waals surface area (Å²) in [5, 5.41) is 5.51. The number of nitrogens with two attached hydrogens (primary N) is 1. The topological polar surface area (TPSA) is 106 Å². The first-order valence-corrected chi connectivity index (χ1v) is 12.5. The van der Waals surface area contributed by atoms with Gasteiger partial charge in [-0.15, -0.1) is 0 Å². The molecular formula is C28H37FN4O3. The molecule has 4 N–H and O–H groups in total. The number of guanidine groups is 1. The molecule has 0 saturated heterocycles. The maximum atomic E-state index is 13.7. The van der Waals surface area contributed by atoms with E-state index in [2.05, 4.69) is 15.6 Å². The number of rotatable bonds is 9. The molecule has 1 unspecified atom stereocenters. The Hall–Kier alpha value is -3.42. The van der Waals surface area contributed by atoms with Crippen molar-refractivity contribution < 1.29 is 18.7 Å². The maximum Gasteiger partial charge on any atom is 0.245 e. The van der Waals surface area contributed by atoms with E-state index in [1.165, 1.54) is 19.6 Å². The first kappa shape index (κ1) is 27.2. The molecule has 8 heteroatoms. The van der Waals surface area contributed by atoms with Crippen LogP contribution in [0, 0.1) is 25.6 Å². The third-order valence-electron chi connectivity index (χ3n) is 6.76. The molecular weight excluding hydrogens is 459 g/mol. The first-order valence-electron chi connectivity index (χ1n) is 12.5. The molecule has 0 heterocycles. The summed E-state index contributed by atoms with van der Waals surface area (Å²) >= 11 is 0. The Bertz CT molecular complexity index is 1100. The monoisotopic (exact) mass is 496 g/mol. The lowest BCUT2D eigenvalue weighted by Gasteiger charge is -2.24. The Balaban J connectivity index is 1.66. The molecule has 0 aliphatic heterocycles.